The molecule has 1 rings (SSSR count). The second-order valence-corrected chi connectivity index (χ2v) is 7.26. The molecule has 1 fully saturated rings. The molecule has 1 aliphatic rings. The number of nitrogens with zero attached hydrogens (tertiary/aromatic N) is 2. The van der Waals surface area contributed by atoms with Gasteiger partial charge in [-0.05, 0) is 26.7 Å². The minimum Gasteiger partial charge on any atom is -0.195 e. The predicted octanol–water partition coefficient (Wildman–Crippen LogP) is 1.66. The summed E-state index contributed by atoms with van der Waals surface area (Å²) in [6.07, 6.45) is 3.01. The largest absolute Gasteiger partial charge is 0.282 e. The molecule has 1 aliphatic heterocycles. The van der Waals surface area contributed by atoms with Gasteiger partial charge in [0.1, 0.15) is 0 Å². The van der Waals surface area contributed by atoms with Crippen LogP contribution in [-0.4, -0.2) is 48.6 Å². The van der Waals surface area contributed by atoms with Gasteiger partial charge in [0.05, 0.1) is 0 Å². The third-order valence-electron chi connectivity index (χ3n) is 2.94. The van der Waals surface area contributed by atoms with Crippen molar-refractivity contribution in [3.63, 3.8) is 0 Å². The topological polar surface area (TPSA) is 40.6 Å². The van der Waals surface area contributed by atoms with Crippen LogP contribution in [0.1, 0.15) is 33.1 Å². The smallest absolute Gasteiger partial charge is 0.195 e. The second-order valence-electron chi connectivity index (χ2n) is 4.52. The van der Waals surface area contributed by atoms with Crippen LogP contribution in [0, 0.1) is 0 Å². The first kappa shape index (κ1) is 14.2. The van der Waals surface area contributed by atoms with E-state index in [4.69, 9.17) is 11.6 Å². The van der Waals surface area contributed by atoms with E-state index in [9.17, 15) is 8.42 Å². The molecule has 0 aromatic heterocycles. The molecule has 16 heavy (non-hydrogen) atoms. The minimum absolute atomic E-state index is 0.104. The monoisotopic (exact) mass is 268 g/mol. The van der Waals surface area contributed by atoms with E-state index in [0.29, 0.717) is 13.1 Å². The van der Waals surface area contributed by atoms with Crippen LogP contribution in [0.25, 0.3) is 0 Å². The van der Waals surface area contributed by atoms with Crippen molar-refractivity contribution in [3.8, 4) is 0 Å². The van der Waals surface area contributed by atoms with Crippen LogP contribution in [0.5, 0.6) is 0 Å². The number of halogens is 1. The van der Waals surface area contributed by atoms with Crippen molar-refractivity contribution in [1.82, 2.24) is 8.61 Å². The molecular weight excluding hydrogens is 248 g/mol. The number of rotatable bonds is 4. The summed E-state index contributed by atoms with van der Waals surface area (Å²) >= 11 is 5.83. The summed E-state index contributed by atoms with van der Waals surface area (Å²) in [4.78, 5) is 0. The van der Waals surface area contributed by atoms with Gasteiger partial charge in [0.2, 0.25) is 0 Å². The van der Waals surface area contributed by atoms with E-state index in [1.807, 2.05) is 6.92 Å². The van der Waals surface area contributed by atoms with E-state index >= 15 is 0 Å². The van der Waals surface area contributed by atoms with Crippen molar-refractivity contribution < 1.29 is 8.42 Å². The van der Waals surface area contributed by atoms with Gasteiger partial charge < -0.3 is 0 Å². The summed E-state index contributed by atoms with van der Waals surface area (Å²) in [6.45, 7) is 4.75. The first-order chi connectivity index (χ1) is 7.35. The average Bonchev–Trinajstić information content (AvgIpc) is 2.16. The highest BCUT2D eigenvalue weighted by Crippen LogP contribution is 2.21. The maximum Gasteiger partial charge on any atom is 0.282 e. The molecule has 0 spiro atoms. The quantitative estimate of drug-likeness (QED) is 0.728. The summed E-state index contributed by atoms with van der Waals surface area (Å²) < 4.78 is 27.4. The molecule has 1 heterocycles. The molecule has 6 heteroatoms. The zero-order valence-electron chi connectivity index (χ0n) is 10.2. The summed E-state index contributed by atoms with van der Waals surface area (Å²) in [5.41, 5.74) is 0. The first-order valence-corrected chi connectivity index (χ1v) is 7.56. The molecule has 4 nitrogen and oxygen atoms in total. The lowest BCUT2D eigenvalue weighted by Crippen LogP contribution is -2.49. The Kier molecular flexibility index (Phi) is 5.04. The van der Waals surface area contributed by atoms with E-state index in [1.54, 1.807) is 18.3 Å². The highest BCUT2D eigenvalue weighted by Gasteiger charge is 2.32. The Morgan fingerprint density at radius 2 is 2.12 bits per heavy atom. The molecule has 0 aromatic carbocycles. The van der Waals surface area contributed by atoms with E-state index < -0.39 is 10.2 Å². The molecule has 0 N–H and O–H groups in total. The van der Waals surface area contributed by atoms with Gasteiger partial charge in [-0.1, -0.05) is 6.42 Å². The molecule has 0 aromatic rings. The number of alkyl halides is 1. The fraction of sp³-hybridized carbons (Fsp3) is 1.00. The molecule has 0 bridgehead atoms. The lowest BCUT2D eigenvalue weighted by molar-refractivity contribution is 0.250. The molecule has 96 valence electrons. The summed E-state index contributed by atoms with van der Waals surface area (Å²) in [6, 6.07) is 0.104. The van der Waals surface area contributed by atoms with E-state index in [2.05, 4.69) is 0 Å². The van der Waals surface area contributed by atoms with Crippen LogP contribution < -0.4 is 0 Å². The standard InChI is InChI=1S/C10H21ClN2O2S/c1-9(11)8-12(3)16(14,15)13-7-5-4-6-10(13)2/h9-10H,4-8H2,1-3H3. The van der Waals surface area contributed by atoms with Gasteiger partial charge in [-0.2, -0.15) is 17.0 Å². The Balaban J connectivity index is 2.75. The summed E-state index contributed by atoms with van der Waals surface area (Å²) in [5, 5.41) is -0.167. The highest BCUT2D eigenvalue weighted by atomic mass is 35.5. The van der Waals surface area contributed by atoms with Gasteiger partial charge in [-0.3, -0.25) is 0 Å². The van der Waals surface area contributed by atoms with Crippen LogP contribution in [0.15, 0.2) is 0 Å². The maximum absolute atomic E-state index is 12.2. The Morgan fingerprint density at radius 3 is 2.62 bits per heavy atom. The van der Waals surface area contributed by atoms with Crippen LogP contribution >= 0.6 is 11.6 Å². The molecule has 2 atom stereocenters. The molecule has 2 unspecified atom stereocenters. The van der Waals surface area contributed by atoms with Crippen molar-refractivity contribution in [3.05, 3.63) is 0 Å². The van der Waals surface area contributed by atoms with Crippen molar-refractivity contribution in [1.29, 1.82) is 0 Å². The molecule has 0 saturated carbocycles. The molecule has 0 aliphatic carbocycles. The van der Waals surface area contributed by atoms with Crippen molar-refractivity contribution in [2.45, 2.75) is 44.5 Å². The lowest BCUT2D eigenvalue weighted by atomic mass is 10.1. The van der Waals surface area contributed by atoms with Crippen molar-refractivity contribution >= 4 is 21.8 Å². The van der Waals surface area contributed by atoms with Crippen LogP contribution in [0.4, 0.5) is 0 Å². The van der Waals surface area contributed by atoms with E-state index in [-0.39, 0.29) is 11.4 Å². The Bertz CT molecular complexity index is 319. The fourth-order valence-electron chi connectivity index (χ4n) is 2.04. The van der Waals surface area contributed by atoms with Crippen LogP contribution in [-0.2, 0) is 10.2 Å². The second kappa shape index (κ2) is 5.67. The fourth-order valence-corrected chi connectivity index (χ4v) is 4.02. The van der Waals surface area contributed by atoms with Crippen molar-refractivity contribution in [2.24, 2.45) is 0 Å². The number of piperidine rings is 1. The van der Waals surface area contributed by atoms with Gasteiger partial charge >= 0.3 is 0 Å². The molecule has 0 radical (unpaired) electrons. The van der Waals surface area contributed by atoms with E-state index in [0.717, 1.165) is 19.3 Å². The number of hydrogen-bond acceptors (Lipinski definition) is 2. The average molecular weight is 269 g/mol. The van der Waals surface area contributed by atoms with Crippen LogP contribution in [0.2, 0.25) is 0 Å². The highest BCUT2D eigenvalue weighted by molar-refractivity contribution is 7.86. The normalized spacial score (nSPS) is 25.9. The third kappa shape index (κ3) is 3.32. The van der Waals surface area contributed by atoms with Gasteiger partial charge in [0, 0.05) is 31.6 Å². The molecule has 1 saturated heterocycles. The molecule has 0 amide bonds. The Hall–Kier alpha value is 0.160. The Morgan fingerprint density at radius 1 is 1.50 bits per heavy atom. The van der Waals surface area contributed by atoms with E-state index in [1.165, 1.54) is 4.31 Å². The minimum atomic E-state index is -3.32. The van der Waals surface area contributed by atoms with Crippen molar-refractivity contribution in [2.75, 3.05) is 20.1 Å². The SMILES string of the molecule is CC(Cl)CN(C)S(=O)(=O)N1CCCCC1C. The lowest BCUT2D eigenvalue weighted by Gasteiger charge is -2.35. The molecular formula is C10H21ClN2O2S. The predicted molar refractivity (Wildman–Crippen MR) is 66.9 cm³/mol. The Labute approximate surface area is 104 Å². The first-order valence-electron chi connectivity index (χ1n) is 5.73. The third-order valence-corrected chi connectivity index (χ3v) is 5.15. The van der Waals surface area contributed by atoms with Gasteiger partial charge in [0.15, 0.2) is 0 Å². The zero-order valence-corrected chi connectivity index (χ0v) is 11.8. The maximum atomic E-state index is 12.2. The van der Waals surface area contributed by atoms with Gasteiger partial charge in [-0.15, -0.1) is 11.6 Å². The van der Waals surface area contributed by atoms with Gasteiger partial charge in [-0.25, -0.2) is 0 Å². The van der Waals surface area contributed by atoms with Gasteiger partial charge in [0.25, 0.3) is 10.2 Å². The number of hydrogen-bond donors (Lipinski definition) is 0. The summed E-state index contributed by atoms with van der Waals surface area (Å²) in [5.74, 6) is 0. The zero-order chi connectivity index (χ0) is 12.3. The summed E-state index contributed by atoms with van der Waals surface area (Å²) in [7, 11) is -1.73. The van der Waals surface area contributed by atoms with Crippen LogP contribution in [0.3, 0.4) is 0 Å².